The number of nitrogens with zero attached hydrogens (tertiary/aromatic N) is 3. The van der Waals surface area contributed by atoms with E-state index < -0.39 is 10.0 Å². The Bertz CT molecular complexity index is 1270. The molecule has 0 aliphatic carbocycles. The van der Waals surface area contributed by atoms with E-state index in [1.807, 2.05) is 18.2 Å². The van der Waals surface area contributed by atoms with Crippen LogP contribution in [0.5, 0.6) is 0 Å². The van der Waals surface area contributed by atoms with Crippen LogP contribution in [0, 0.1) is 0 Å². The predicted molar refractivity (Wildman–Crippen MR) is 117 cm³/mol. The second-order valence-corrected chi connectivity index (χ2v) is 8.36. The Morgan fingerprint density at radius 1 is 0.767 bits per heavy atom. The lowest BCUT2D eigenvalue weighted by atomic mass is 10.2. The average molecular weight is 438 g/mol. The van der Waals surface area contributed by atoms with Crippen LogP contribution in [0.2, 0.25) is 5.02 Å². The third-order valence-corrected chi connectivity index (χ3v) is 5.73. The van der Waals surface area contributed by atoms with Gasteiger partial charge in [0.15, 0.2) is 0 Å². The molecular weight excluding hydrogens is 422 g/mol. The Morgan fingerprint density at radius 2 is 1.57 bits per heavy atom. The van der Waals surface area contributed by atoms with E-state index in [4.69, 9.17) is 11.6 Å². The molecule has 0 radical (unpaired) electrons. The Kier molecular flexibility index (Phi) is 5.60. The van der Waals surface area contributed by atoms with Gasteiger partial charge in [-0.15, -0.1) is 0 Å². The van der Waals surface area contributed by atoms with Crippen molar-refractivity contribution in [2.75, 3.05) is 10.0 Å². The Labute approximate surface area is 178 Å². The summed E-state index contributed by atoms with van der Waals surface area (Å²) in [5.41, 5.74) is 2.43. The Hall–Kier alpha value is -3.49. The molecule has 0 saturated heterocycles. The molecule has 4 rings (SSSR count). The van der Waals surface area contributed by atoms with Gasteiger partial charge in [0.25, 0.3) is 10.0 Å². The SMILES string of the molecule is O=S(=O)(Nc1cccc(Nc2nccc(-c3ccccn3)n2)c1)c1ccc(Cl)cc1. The predicted octanol–water partition coefficient (Wildman–Crippen LogP) is 4.74. The maximum Gasteiger partial charge on any atom is 0.261 e. The van der Waals surface area contributed by atoms with Crippen molar-refractivity contribution in [2.24, 2.45) is 0 Å². The van der Waals surface area contributed by atoms with Crippen molar-refractivity contribution in [2.45, 2.75) is 4.90 Å². The van der Waals surface area contributed by atoms with Gasteiger partial charge in [-0.25, -0.2) is 18.4 Å². The highest BCUT2D eigenvalue weighted by Crippen LogP contribution is 2.23. The number of anilines is 3. The molecule has 0 spiro atoms. The highest BCUT2D eigenvalue weighted by Gasteiger charge is 2.14. The third kappa shape index (κ3) is 4.73. The fourth-order valence-electron chi connectivity index (χ4n) is 2.69. The smallest absolute Gasteiger partial charge is 0.261 e. The monoisotopic (exact) mass is 437 g/mol. The number of rotatable bonds is 6. The largest absolute Gasteiger partial charge is 0.324 e. The average Bonchev–Trinajstić information content (AvgIpc) is 2.75. The van der Waals surface area contributed by atoms with Crippen LogP contribution in [0.3, 0.4) is 0 Å². The lowest BCUT2D eigenvalue weighted by Crippen LogP contribution is -2.12. The normalized spacial score (nSPS) is 11.1. The maximum atomic E-state index is 12.6. The zero-order chi connectivity index (χ0) is 21.0. The van der Waals surface area contributed by atoms with Crippen molar-refractivity contribution in [1.82, 2.24) is 15.0 Å². The summed E-state index contributed by atoms with van der Waals surface area (Å²) >= 11 is 5.83. The molecule has 2 N–H and O–H groups in total. The summed E-state index contributed by atoms with van der Waals surface area (Å²) in [5.74, 6) is 0.371. The van der Waals surface area contributed by atoms with Gasteiger partial charge in [0.2, 0.25) is 5.95 Å². The zero-order valence-electron chi connectivity index (χ0n) is 15.5. The quantitative estimate of drug-likeness (QED) is 0.452. The molecule has 2 aromatic heterocycles. The van der Waals surface area contributed by atoms with Gasteiger partial charge in [-0.1, -0.05) is 23.7 Å². The maximum absolute atomic E-state index is 12.6. The van der Waals surface area contributed by atoms with Gasteiger partial charge < -0.3 is 5.32 Å². The summed E-state index contributed by atoms with van der Waals surface area (Å²) < 4.78 is 27.7. The lowest BCUT2D eigenvalue weighted by molar-refractivity contribution is 0.601. The minimum Gasteiger partial charge on any atom is -0.324 e. The highest BCUT2D eigenvalue weighted by molar-refractivity contribution is 7.92. The first kappa shape index (κ1) is 19.8. The summed E-state index contributed by atoms with van der Waals surface area (Å²) in [5, 5.41) is 3.55. The zero-order valence-corrected chi connectivity index (χ0v) is 17.1. The molecule has 2 heterocycles. The summed E-state index contributed by atoms with van der Waals surface area (Å²) in [6, 6.07) is 20.1. The van der Waals surface area contributed by atoms with Crippen molar-refractivity contribution in [1.29, 1.82) is 0 Å². The van der Waals surface area contributed by atoms with E-state index in [-0.39, 0.29) is 4.90 Å². The first-order chi connectivity index (χ1) is 14.5. The minimum absolute atomic E-state index is 0.122. The molecule has 2 aromatic carbocycles. The number of pyridine rings is 1. The first-order valence-electron chi connectivity index (χ1n) is 8.89. The molecule has 7 nitrogen and oxygen atoms in total. The van der Waals surface area contributed by atoms with Gasteiger partial charge in [0, 0.05) is 23.1 Å². The molecule has 4 aromatic rings. The van der Waals surface area contributed by atoms with E-state index >= 15 is 0 Å². The number of halogens is 1. The number of nitrogens with one attached hydrogen (secondary N) is 2. The van der Waals surface area contributed by atoms with Gasteiger partial charge >= 0.3 is 0 Å². The fourth-order valence-corrected chi connectivity index (χ4v) is 3.87. The molecule has 9 heteroatoms. The molecule has 0 saturated carbocycles. The van der Waals surface area contributed by atoms with Crippen molar-refractivity contribution >= 4 is 38.9 Å². The second kappa shape index (κ2) is 8.48. The van der Waals surface area contributed by atoms with Crippen LogP contribution in [0.15, 0.2) is 90.1 Å². The van der Waals surface area contributed by atoms with Crippen molar-refractivity contribution in [3.05, 3.63) is 90.2 Å². The second-order valence-electron chi connectivity index (χ2n) is 6.25. The molecule has 0 aliphatic rings. The van der Waals surface area contributed by atoms with E-state index in [0.717, 1.165) is 5.69 Å². The summed E-state index contributed by atoms with van der Waals surface area (Å²) in [6.45, 7) is 0. The van der Waals surface area contributed by atoms with E-state index in [1.165, 1.54) is 24.3 Å². The molecule has 0 atom stereocenters. The molecule has 0 aliphatic heterocycles. The van der Waals surface area contributed by atoms with E-state index in [2.05, 4.69) is 25.0 Å². The standard InChI is InChI=1S/C21H16ClN5O2S/c22-15-7-9-18(10-8-15)30(28,29)27-17-5-3-4-16(14-17)25-21-24-13-11-20(26-21)19-6-1-2-12-23-19/h1-14,27H,(H,24,25,26). The van der Waals surface area contributed by atoms with Crippen molar-refractivity contribution in [3.8, 4) is 11.4 Å². The van der Waals surface area contributed by atoms with Crippen molar-refractivity contribution in [3.63, 3.8) is 0 Å². The summed E-state index contributed by atoms with van der Waals surface area (Å²) in [6.07, 6.45) is 3.33. The van der Waals surface area contributed by atoms with Crippen LogP contribution >= 0.6 is 11.6 Å². The van der Waals surface area contributed by atoms with E-state index in [9.17, 15) is 8.42 Å². The Morgan fingerprint density at radius 3 is 2.33 bits per heavy atom. The van der Waals surface area contributed by atoms with Crippen LogP contribution in [-0.2, 0) is 10.0 Å². The van der Waals surface area contributed by atoms with Gasteiger partial charge in [-0.3, -0.25) is 9.71 Å². The van der Waals surface area contributed by atoms with Crippen LogP contribution in [0.1, 0.15) is 0 Å². The topological polar surface area (TPSA) is 96.9 Å². The summed E-state index contributed by atoms with van der Waals surface area (Å²) in [7, 11) is -3.74. The molecule has 0 amide bonds. The minimum atomic E-state index is -3.74. The molecule has 30 heavy (non-hydrogen) atoms. The number of aromatic nitrogens is 3. The van der Waals surface area contributed by atoms with Gasteiger partial charge in [-0.2, -0.15) is 0 Å². The van der Waals surface area contributed by atoms with Gasteiger partial charge in [0.1, 0.15) is 0 Å². The number of hydrogen-bond donors (Lipinski definition) is 2. The number of sulfonamides is 1. The van der Waals surface area contributed by atoms with Crippen LogP contribution in [0.4, 0.5) is 17.3 Å². The molecule has 0 bridgehead atoms. The van der Waals surface area contributed by atoms with Gasteiger partial charge in [0.05, 0.1) is 22.0 Å². The van der Waals surface area contributed by atoms with E-state index in [1.54, 1.807) is 42.7 Å². The van der Waals surface area contributed by atoms with Crippen LogP contribution in [-0.4, -0.2) is 23.4 Å². The summed E-state index contributed by atoms with van der Waals surface area (Å²) in [4.78, 5) is 13.1. The number of hydrogen-bond acceptors (Lipinski definition) is 6. The van der Waals surface area contributed by atoms with Crippen LogP contribution < -0.4 is 10.0 Å². The third-order valence-electron chi connectivity index (χ3n) is 4.08. The molecule has 0 fully saturated rings. The number of benzene rings is 2. The lowest BCUT2D eigenvalue weighted by Gasteiger charge is -2.11. The fraction of sp³-hybridized carbons (Fsp3) is 0. The van der Waals surface area contributed by atoms with E-state index in [0.29, 0.717) is 28.0 Å². The first-order valence-corrected chi connectivity index (χ1v) is 10.8. The Balaban J connectivity index is 1.54. The van der Waals surface area contributed by atoms with Crippen molar-refractivity contribution < 1.29 is 8.42 Å². The molecule has 0 unspecified atom stereocenters. The molecule has 150 valence electrons. The highest BCUT2D eigenvalue weighted by atomic mass is 35.5. The van der Waals surface area contributed by atoms with Crippen LogP contribution in [0.25, 0.3) is 11.4 Å². The van der Waals surface area contributed by atoms with Gasteiger partial charge in [-0.05, 0) is 60.7 Å². The molecular formula is C21H16ClN5O2S.